The molecule has 3 heterocycles. The molecular weight excluding hydrogens is 803 g/mol. The Balaban J connectivity index is 1.04. The number of allylic oxidation sites excluding steroid dienone is 3. The van der Waals surface area contributed by atoms with Crippen LogP contribution in [-0.2, 0) is 0 Å². The summed E-state index contributed by atoms with van der Waals surface area (Å²) in [4.78, 5) is 10.4. The largest absolute Gasteiger partial charge is 0.344 e. The summed E-state index contributed by atoms with van der Waals surface area (Å²) in [5.74, 6) is 2.41. The lowest BCUT2D eigenvalue weighted by molar-refractivity contribution is 0.672. The van der Waals surface area contributed by atoms with E-state index >= 15 is 0 Å². The lowest BCUT2D eigenvalue weighted by Crippen LogP contribution is -2.33. The van der Waals surface area contributed by atoms with Crippen LogP contribution in [0.25, 0.3) is 82.8 Å². The van der Waals surface area contributed by atoms with Gasteiger partial charge < -0.3 is 14.5 Å². The smallest absolute Gasteiger partial charge is 0.159 e. The minimum Gasteiger partial charge on any atom is -0.344 e. The molecule has 5 heteroatoms. The van der Waals surface area contributed by atoms with Crippen molar-refractivity contribution in [2.75, 3.05) is 0 Å². The molecule has 3 unspecified atom stereocenters. The molecule has 0 radical (unpaired) electrons. The van der Waals surface area contributed by atoms with Gasteiger partial charge in [-0.25, -0.2) is 9.98 Å². The van der Waals surface area contributed by atoms with Crippen LogP contribution >= 0.6 is 0 Å². The van der Waals surface area contributed by atoms with Gasteiger partial charge in [0.15, 0.2) is 5.84 Å². The first kappa shape index (κ1) is 38.4. The van der Waals surface area contributed by atoms with Crippen LogP contribution in [0.1, 0.15) is 61.2 Å². The second kappa shape index (κ2) is 15.3. The molecule has 3 aliphatic rings. The minimum atomic E-state index is -0.257. The number of aliphatic imine (C=N–C) groups is 2. The summed E-state index contributed by atoms with van der Waals surface area (Å²) in [5, 5.41) is 12.4. The third kappa shape index (κ3) is 6.14. The Morgan fingerprint density at radius 3 is 2.08 bits per heavy atom. The van der Waals surface area contributed by atoms with Crippen LogP contribution in [0.4, 0.5) is 0 Å². The van der Waals surface area contributed by atoms with E-state index in [1.54, 1.807) is 0 Å². The van der Waals surface area contributed by atoms with Crippen LogP contribution in [0.5, 0.6) is 0 Å². The molecule has 10 aromatic rings. The fraction of sp³-hybridized carbons (Fsp3) is 0.115. The van der Waals surface area contributed by atoms with Gasteiger partial charge >= 0.3 is 0 Å². The summed E-state index contributed by atoms with van der Waals surface area (Å²) in [6.45, 7) is 4.61. The van der Waals surface area contributed by atoms with E-state index in [0.717, 1.165) is 46.9 Å². The third-order valence-corrected chi connectivity index (χ3v) is 14.0. The van der Waals surface area contributed by atoms with Gasteiger partial charge in [0.05, 0.1) is 16.6 Å². The second-order valence-electron chi connectivity index (χ2n) is 18.3. The van der Waals surface area contributed by atoms with Gasteiger partial charge in [-0.1, -0.05) is 153 Å². The Labute approximate surface area is 384 Å². The van der Waals surface area contributed by atoms with Crippen LogP contribution in [0.3, 0.4) is 0 Å². The fourth-order valence-electron chi connectivity index (χ4n) is 11.0. The normalized spacial score (nSPS) is 18.2. The Kier molecular flexibility index (Phi) is 8.92. The molecule has 2 aliphatic carbocycles. The number of nitrogens with one attached hydrogen (secondary N) is 1. The first-order valence-electron chi connectivity index (χ1n) is 23.3. The molecule has 66 heavy (non-hydrogen) atoms. The van der Waals surface area contributed by atoms with Crippen LogP contribution in [0.15, 0.2) is 210 Å². The summed E-state index contributed by atoms with van der Waals surface area (Å²) in [6, 6.07) is 62.3. The van der Waals surface area contributed by atoms with E-state index in [4.69, 9.17) is 9.98 Å². The molecule has 316 valence electrons. The van der Waals surface area contributed by atoms with Crippen molar-refractivity contribution < 1.29 is 0 Å². The molecule has 1 aliphatic heterocycles. The van der Waals surface area contributed by atoms with Gasteiger partial charge in [0.1, 0.15) is 12.0 Å². The predicted octanol–water partition coefficient (Wildman–Crippen LogP) is 15.2. The van der Waals surface area contributed by atoms with Gasteiger partial charge in [0.2, 0.25) is 0 Å². The summed E-state index contributed by atoms with van der Waals surface area (Å²) in [5.41, 5.74) is 14.2. The summed E-state index contributed by atoms with van der Waals surface area (Å²) in [6.07, 6.45) is 13.2. The number of para-hydroxylation sites is 1. The van der Waals surface area contributed by atoms with E-state index in [1.165, 1.54) is 82.3 Å². The number of fused-ring (bicyclic) bond motifs is 9. The molecule has 0 spiro atoms. The van der Waals surface area contributed by atoms with Crippen LogP contribution in [0, 0.1) is 5.92 Å². The number of hydrogen-bond donors (Lipinski definition) is 1. The van der Waals surface area contributed by atoms with Crippen molar-refractivity contribution in [2.24, 2.45) is 15.9 Å². The van der Waals surface area contributed by atoms with E-state index in [0.29, 0.717) is 11.8 Å². The highest BCUT2D eigenvalue weighted by Crippen LogP contribution is 2.47. The maximum Gasteiger partial charge on any atom is 0.159 e. The van der Waals surface area contributed by atoms with Gasteiger partial charge in [0.25, 0.3) is 0 Å². The molecule has 0 bridgehead atoms. The average Bonchev–Trinajstić information content (AvgIpc) is 3.89. The first-order valence-corrected chi connectivity index (χ1v) is 23.3. The minimum absolute atomic E-state index is 0.257. The standard InChI is InChI=1S/C61H47N5/c1-38-15-13-21-45(35-38)61-63-59(41-18-5-3-6-19-41)62-60(64-61)42-27-31-47(32-28-42)66-54-34-29-40-17-9-11-24-48(40)56(54)52-36-43-20-10-12-25-49(43)55(58(52)66)44-30-33-53-51(37-44)50-26-14-16-39(2)57(50)65(53)46-22-7-4-8-23-46/h3-14,17-39,59H,15-16H2,1-2H3,(H,62,63,64). The number of nitrogens with zero attached hydrogens (tertiary/aromatic N) is 4. The van der Waals surface area contributed by atoms with E-state index in [1.807, 2.05) is 0 Å². The summed E-state index contributed by atoms with van der Waals surface area (Å²) >= 11 is 0. The first-order chi connectivity index (χ1) is 32.6. The number of aromatic nitrogens is 2. The Morgan fingerprint density at radius 2 is 1.26 bits per heavy atom. The SMILES string of the molecule is CC1C=C(C2=NC(c3ccccc3)NC(c3ccc(-n4c5ccc6ccccc6c5c5cc6ccccc6c(-c6ccc7c(c6)c6c(n7-c7ccccc7)C(C)CC=C6)c54)cc3)=N2)C=CC1. The van der Waals surface area contributed by atoms with E-state index < -0.39 is 0 Å². The summed E-state index contributed by atoms with van der Waals surface area (Å²) in [7, 11) is 0. The second-order valence-corrected chi connectivity index (χ2v) is 18.3. The van der Waals surface area contributed by atoms with Crippen molar-refractivity contribution in [1.82, 2.24) is 14.5 Å². The Hall–Kier alpha value is -8.02. The zero-order valence-electron chi connectivity index (χ0n) is 37.0. The highest BCUT2D eigenvalue weighted by molar-refractivity contribution is 6.27. The maximum absolute atomic E-state index is 5.20. The number of rotatable bonds is 6. The fourth-order valence-corrected chi connectivity index (χ4v) is 11.0. The zero-order valence-corrected chi connectivity index (χ0v) is 37.0. The molecule has 1 N–H and O–H groups in total. The van der Waals surface area contributed by atoms with Crippen LogP contribution in [-0.4, -0.2) is 20.8 Å². The maximum atomic E-state index is 5.20. The third-order valence-electron chi connectivity index (χ3n) is 14.0. The number of amidine groups is 2. The van der Waals surface area contributed by atoms with Gasteiger partial charge in [-0.3, -0.25) is 0 Å². The van der Waals surface area contributed by atoms with Crippen molar-refractivity contribution in [3.05, 3.63) is 222 Å². The molecule has 0 saturated heterocycles. The molecule has 0 saturated carbocycles. The van der Waals surface area contributed by atoms with Gasteiger partial charge in [-0.2, -0.15) is 0 Å². The molecule has 8 aromatic carbocycles. The van der Waals surface area contributed by atoms with Crippen molar-refractivity contribution in [2.45, 2.75) is 38.8 Å². The highest BCUT2D eigenvalue weighted by atomic mass is 15.2. The van der Waals surface area contributed by atoms with Gasteiger partial charge in [-0.05, 0) is 112 Å². The lowest BCUT2D eigenvalue weighted by atomic mass is 9.91. The van der Waals surface area contributed by atoms with Crippen molar-refractivity contribution in [1.29, 1.82) is 0 Å². The number of benzene rings is 8. The average molecular weight is 850 g/mol. The topological polar surface area (TPSA) is 46.6 Å². The molecule has 13 rings (SSSR count). The predicted molar refractivity (Wildman–Crippen MR) is 277 cm³/mol. The van der Waals surface area contributed by atoms with Crippen molar-refractivity contribution >= 4 is 72.0 Å². The monoisotopic (exact) mass is 849 g/mol. The lowest BCUT2D eigenvalue weighted by Gasteiger charge is -2.25. The molecule has 2 aromatic heterocycles. The molecule has 3 atom stereocenters. The molecule has 5 nitrogen and oxygen atoms in total. The molecule has 0 amide bonds. The van der Waals surface area contributed by atoms with E-state index in [-0.39, 0.29) is 6.17 Å². The van der Waals surface area contributed by atoms with E-state index in [9.17, 15) is 0 Å². The van der Waals surface area contributed by atoms with Crippen LogP contribution in [0.2, 0.25) is 0 Å². The van der Waals surface area contributed by atoms with Crippen LogP contribution < -0.4 is 5.32 Å². The van der Waals surface area contributed by atoms with E-state index in [2.05, 4.69) is 229 Å². The zero-order chi connectivity index (χ0) is 43.9. The number of hydrogen-bond acceptors (Lipinski definition) is 3. The van der Waals surface area contributed by atoms with Gasteiger partial charge in [0, 0.05) is 61.4 Å². The van der Waals surface area contributed by atoms with Crippen molar-refractivity contribution in [3.8, 4) is 22.5 Å². The highest BCUT2D eigenvalue weighted by Gasteiger charge is 2.27. The summed E-state index contributed by atoms with van der Waals surface area (Å²) < 4.78 is 5.01. The Bertz CT molecular complexity index is 3750. The molecular formula is C61H47N5. The van der Waals surface area contributed by atoms with Crippen molar-refractivity contribution in [3.63, 3.8) is 0 Å². The Morgan fingerprint density at radius 1 is 0.561 bits per heavy atom. The quantitative estimate of drug-likeness (QED) is 0.178. The van der Waals surface area contributed by atoms with Gasteiger partial charge in [-0.15, -0.1) is 0 Å². The molecule has 0 fully saturated rings.